The molecule has 1 aliphatic rings. The van der Waals surface area contributed by atoms with Gasteiger partial charge in [-0.1, -0.05) is 91.0 Å². The summed E-state index contributed by atoms with van der Waals surface area (Å²) in [6.45, 7) is 2.07. The highest BCUT2D eigenvalue weighted by molar-refractivity contribution is 5.81. The second-order valence-corrected chi connectivity index (χ2v) is 9.47. The van der Waals surface area contributed by atoms with Gasteiger partial charge in [0.15, 0.2) is 6.10 Å². The Morgan fingerprint density at radius 3 is 1.77 bits per heavy atom. The van der Waals surface area contributed by atoms with Crippen molar-refractivity contribution in [1.82, 2.24) is 4.90 Å². The van der Waals surface area contributed by atoms with E-state index in [4.69, 9.17) is 18.9 Å². The number of hydrogen-bond acceptors (Lipinski definition) is 7. The van der Waals surface area contributed by atoms with Gasteiger partial charge in [0.05, 0.1) is 39.6 Å². The van der Waals surface area contributed by atoms with E-state index in [2.05, 4.69) is 0 Å². The fraction of sp³-hybridized carbons (Fsp3) is 0.387. The number of morpholine rings is 1. The molecule has 4 atom stereocenters. The van der Waals surface area contributed by atoms with Crippen molar-refractivity contribution in [3.05, 3.63) is 108 Å². The largest absolute Gasteiger partial charge is 0.388 e. The molecule has 3 aromatic rings. The zero-order valence-electron chi connectivity index (χ0n) is 22.0. The first-order chi connectivity index (χ1) is 19.1. The molecule has 1 fully saturated rings. The predicted molar refractivity (Wildman–Crippen MR) is 146 cm³/mol. The Bertz CT molecular complexity index is 1090. The van der Waals surface area contributed by atoms with Crippen LogP contribution in [0.5, 0.6) is 0 Å². The first-order valence-electron chi connectivity index (χ1n) is 13.3. The summed E-state index contributed by atoms with van der Waals surface area (Å²) in [5.74, 6) is -0.368. The van der Waals surface area contributed by atoms with E-state index in [0.717, 1.165) is 16.7 Å². The van der Waals surface area contributed by atoms with Gasteiger partial charge in [0, 0.05) is 13.1 Å². The molecule has 8 nitrogen and oxygen atoms in total. The van der Waals surface area contributed by atoms with Crippen LogP contribution in [0.3, 0.4) is 0 Å². The standard InChI is InChI=1S/C31H37NO7/c33-27(23-37-20-24-10-4-1-5-11-24)29(38-21-25-12-6-2-7-13-25)28(34)30(31(35)32-16-18-36-19-17-32)39-22-26-14-8-3-9-15-26/h1-15,27-30,33-34H,16-23H2/t27-,28+,29-,30-/m1/s1. The molecule has 4 rings (SSSR count). The molecule has 2 N–H and O–H groups in total. The minimum atomic E-state index is -1.46. The summed E-state index contributed by atoms with van der Waals surface area (Å²) in [4.78, 5) is 15.2. The summed E-state index contributed by atoms with van der Waals surface area (Å²) in [7, 11) is 0. The van der Waals surface area contributed by atoms with Crippen molar-refractivity contribution in [2.45, 2.75) is 44.2 Å². The van der Waals surface area contributed by atoms with Gasteiger partial charge in [-0.3, -0.25) is 4.79 Å². The van der Waals surface area contributed by atoms with Crippen LogP contribution in [0.1, 0.15) is 16.7 Å². The van der Waals surface area contributed by atoms with Crippen LogP contribution >= 0.6 is 0 Å². The molecule has 0 spiro atoms. The van der Waals surface area contributed by atoms with Crippen molar-refractivity contribution in [3.63, 3.8) is 0 Å². The molecule has 208 valence electrons. The number of aliphatic hydroxyl groups is 2. The van der Waals surface area contributed by atoms with Crippen molar-refractivity contribution in [2.24, 2.45) is 0 Å². The minimum absolute atomic E-state index is 0.0947. The van der Waals surface area contributed by atoms with Gasteiger partial charge in [-0.25, -0.2) is 0 Å². The van der Waals surface area contributed by atoms with E-state index in [1.165, 1.54) is 0 Å². The fourth-order valence-electron chi connectivity index (χ4n) is 4.38. The highest BCUT2D eigenvalue weighted by Gasteiger charge is 2.40. The predicted octanol–water partition coefficient (Wildman–Crippen LogP) is 2.95. The highest BCUT2D eigenvalue weighted by Crippen LogP contribution is 2.19. The summed E-state index contributed by atoms with van der Waals surface area (Å²) < 4.78 is 23.3. The van der Waals surface area contributed by atoms with Crippen LogP contribution in [-0.4, -0.2) is 78.3 Å². The number of hydrogen-bond donors (Lipinski definition) is 2. The van der Waals surface area contributed by atoms with Gasteiger partial charge in [-0.05, 0) is 16.7 Å². The maximum absolute atomic E-state index is 13.6. The van der Waals surface area contributed by atoms with Gasteiger partial charge in [0.1, 0.15) is 18.3 Å². The van der Waals surface area contributed by atoms with E-state index in [0.29, 0.717) is 32.9 Å². The molecule has 1 heterocycles. The third-order valence-electron chi connectivity index (χ3n) is 6.55. The molecule has 0 unspecified atom stereocenters. The first-order valence-corrected chi connectivity index (χ1v) is 13.3. The van der Waals surface area contributed by atoms with E-state index in [1.54, 1.807) is 4.90 Å². The Balaban J connectivity index is 1.50. The second-order valence-electron chi connectivity index (χ2n) is 9.47. The Hall–Kier alpha value is -3.11. The lowest BCUT2D eigenvalue weighted by Gasteiger charge is -2.36. The van der Waals surface area contributed by atoms with Gasteiger partial charge in [0.2, 0.25) is 0 Å². The van der Waals surface area contributed by atoms with Crippen LogP contribution in [-0.2, 0) is 43.6 Å². The van der Waals surface area contributed by atoms with Gasteiger partial charge >= 0.3 is 0 Å². The summed E-state index contributed by atoms with van der Waals surface area (Å²) in [5, 5.41) is 22.7. The van der Waals surface area contributed by atoms with Crippen LogP contribution in [0.4, 0.5) is 0 Å². The number of amides is 1. The minimum Gasteiger partial charge on any atom is -0.388 e. The van der Waals surface area contributed by atoms with E-state index in [9.17, 15) is 15.0 Å². The summed E-state index contributed by atoms with van der Waals surface area (Å²) >= 11 is 0. The average molecular weight is 536 g/mol. The van der Waals surface area contributed by atoms with E-state index in [-0.39, 0.29) is 25.7 Å². The molecule has 39 heavy (non-hydrogen) atoms. The monoisotopic (exact) mass is 535 g/mol. The van der Waals surface area contributed by atoms with E-state index in [1.807, 2.05) is 91.0 Å². The molecular weight excluding hydrogens is 498 g/mol. The number of ether oxygens (including phenoxy) is 4. The van der Waals surface area contributed by atoms with Gasteiger partial charge in [0.25, 0.3) is 5.91 Å². The third kappa shape index (κ3) is 8.96. The van der Waals surface area contributed by atoms with Gasteiger partial charge < -0.3 is 34.1 Å². The number of nitrogens with zero attached hydrogens (tertiary/aromatic N) is 1. The van der Waals surface area contributed by atoms with E-state index >= 15 is 0 Å². The summed E-state index contributed by atoms with van der Waals surface area (Å²) in [6, 6.07) is 28.5. The molecule has 0 aromatic heterocycles. The zero-order valence-corrected chi connectivity index (χ0v) is 22.0. The lowest BCUT2D eigenvalue weighted by Crippen LogP contribution is -2.56. The Kier molecular flexibility index (Phi) is 11.5. The molecular formula is C31H37NO7. The van der Waals surface area contributed by atoms with Crippen molar-refractivity contribution >= 4 is 5.91 Å². The SMILES string of the molecule is O=C([C@H](OCc1ccccc1)[C@@H](O)[C@H](OCc1ccccc1)[C@H](O)COCc1ccccc1)N1CCOCC1. The molecule has 0 aliphatic carbocycles. The maximum Gasteiger partial charge on any atom is 0.254 e. The summed E-state index contributed by atoms with van der Waals surface area (Å²) in [5.41, 5.74) is 2.69. The van der Waals surface area contributed by atoms with Crippen LogP contribution < -0.4 is 0 Å². The smallest absolute Gasteiger partial charge is 0.254 e. The number of carbonyl (C=O) groups is 1. The highest BCUT2D eigenvalue weighted by atomic mass is 16.5. The van der Waals surface area contributed by atoms with Crippen LogP contribution in [0, 0.1) is 0 Å². The van der Waals surface area contributed by atoms with Crippen molar-refractivity contribution < 1.29 is 34.0 Å². The van der Waals surface area contributed by atoms with E-state index < -0.39 is 24.4 Å². The molecule has 1 amide bonds. The quantitative estimate of drug-likeness (QED) is 0.328. The Morgan fingerprint density at radius 1 is 0.744 bits per heavy atom. The molecule has 8 heteroatoms. The number of benzene rings is 3. The average Bonchev–Trinajstić information content (AvgIpc) is 2.99. The molecule has 0 radical (unpaired) electrons. The Labute approximate surface area is 229 Å². The number of rotatable bonds is 14. The van der Waals surface area contributed by atoms with Crippen molar-refractivity contribution in [2.75, 3.05) is 32.9 Å². The Morgan fingerprint density at radius 2 is 1.23 bits per heavy atom. The van der Waals surface area contributed by atoms with Gasteiger partial charge in [-0.15, -0.1) is 0 Å². The van der Waals surface area contributed by atoms with Crippen LogP contribution in [0.15, 0.2) is 91.0 Å². The zero-order chi connectivity index (χ0) is 27.3. The molecule has 1 saturated heterocycles. The van der Waals surface area contributed by atoms with Crippen molar-refractivity contribution in [3.8, 4) is 0 Å². The number of carbonyl (C=O) groups excluding carboxylic acids is 1. The van der Waals surface area contributed by atoms with Gasteiger partial charge in [-0.2, -0.15) is 0 Å². The van der Waals surface area contributed by atoms with Crippen LogP contribution in [0.25, 0.3) is 0 Å². The maximum atomic E-state index is 13.6. The second kappa shape index (κ2) is 15.5. The first kappa shape index (κ1) is 28.9. The molecule has 0 saturated carbocycles. The lowest BCUT2D eigenvalue weighted by atomic mass is 10.0. The normalized spacial score (nSPS) is 16.8. The number of aliphatic hydroxyl groups excluding tert-OH is 2. The third-order valence-corrected chi connectivity index (χ3v) is 6.55. The fourth-order valence-corrected chi connectivity index (χ4v) is 4.38. The van der Waals surface area contributed by atoms with Crippen LogP contribution in [0.2, 0.25) is 0 Å². The lowest BCUT2D eigenvalue weighted by molar-refractivity contribution is -0.183. The summed E-state index contributed by atoms with van der Waals surface area (Å²) in [6.07, 6.45) is -5.07. The molecule has 1 aliphatic heterocycles. The molecule has 0 bridgehead atoms. The van der Waals surface area contributed by atoms with Crippen molar-refractivity contribution in [1.29, 1.82) is 0 Å². The topological polar surface area (TPSA) is 97.7 Å². The molecule has 3 aromatic carbocycles.